The van der Waals surface area contributed by atoms with Crippen molar-refractivity contribution < 1.29 is 13.9 Å². The number of carbonyl (C=O) groups excluding carboxylic acids is 1. The molecule has 3 aromatic rings. The standard InChI is InChI=1S/C19H14ClFN2O2/c20-17-11-14(7-8-18(17)21)13-4-3-5-15(10-13)19(24)22-12-16-6-1-2-9-23(16)25/h1-11H,12H2,(H,22,24). The monoisotopic (exact) mass is 356 g/mol. The second-order valence-electron chi connectivity index (χ2n) is 5.41. The Bertz CT molecular complexity index is 931. The third-order valence-electron chi connectivity index (χ3n) is 3.71. The predicted octanol–water partition coefficient (Wildman–Crippen LogP) is 3.71. The van der Waals surface area contributed by atoms with Gasteiger partial charge in [0.1, 0.15) is 12.4 Å². The van der Waals surface area contributed by atoms with E-state index in [4.69, 9.17) is 11.6 Å². The average molecular weight is 357 g/mol. The molecule has 0 aliphatic carbocycles. The molecular weight excluding hydrogens is 343 g/mol. The van der Waals surface area contributed by atoms with Gasteiger partial charge in [0.05, 0.1) is 5.02 Å². The summed E-state index contributed by atoms with van der Waals surface area (Å²) in [5.41, 5.74) is 2.33. The smallest absolute Gasteiger partial charge is 0.251 e. The maximum absolute atomic E-state index is 13.3. The van der Waals surface area contributed by atoms with Crippen LogP contribution in [0.3, 0.4) is 0 Å². The number of benzene rings is 2. The number of pyridine rings is 1. The molecule has 0 aliphatic heterocycles. The van der Waals surface area contributed by atoms with Gasteiger partial charge in [-0.2, -0.15) is 4.73 Å². The van der Waals surface area contributed by atoms with Crippen molar-refractivity contribution in [3.8, 4) is 11.1 Å². The van der Waals surface area contributed by atoms with Gasteiger partial charge in [0.25, 0.3) is 5.91 Å². The van der Waals surface area contributed by atoms with E-state index in [2.05, 4.69) is 5.32 Å². The molecule has 126 valence electrons. The molecule has 1 aromatic heterocycles. The van der Waals surface area contributed by atoms with E-state index in [1.165, 1.54) is 18.3 Å². The molecule has 0 bridgehead atoms. The molecule has 0 saturated heterocycles. The molecule has 2 aromatic carbocycles. The average Bonchev–Trinajstić information content (AvgIpc) is 2.63. The number of hydrogen-bond donors (Lipinski definition) is 1. The molecule has 0 atom stereocenters. The second kappa shape index (κ2) is 7.32. The summed E-state index contributed by atoms with van der Waals surface area (Å²) in [4.78, 5) is 12.3. The van der Waals surface area contributed by atoms with E-state index in [0.717, 1.165) is 5.56 Å². The van der Waals surface area contributed by atoms with Crippen LogP contribution in [0.1, 0.15) is 16.1 Å². The van der Waals surface area contributed by atoms with Crippen molar-refractivity contribution in [1.82, 2.24) is 5.32 Å². The molecule has 0 saturated carbocycles. The summed E-state index contributed by atoms with van der Waals surface area (Å²) >= 11 is 5.81. The molecule has 0 fully saturated rings. The first kappa shape index (κ1) is 16.9. The van der Waals surface area contributed by atoms with E-state index >= 15 is 0 Å². The van der Waals surface area contributed by atoms with Crippen molar-refractivity contribution in [3.63, 3.8) is 0 Å². The van der Waals surface area contributed by atoms with Crippen LogP contribution in [0.4, 0.5) is 4.39 Å². The minimum atomic E-state index is -0.493. The van der Waals surface area contributed by atoms with E-state index in [0.29, 0.717) is 21.6 Å². The molecule has 1 N–H and O–H groups in total. The van der Waals surface area contributed by atoms with Crippen molar-refractivity contribution in [1.29, 1.82) is 0 Å². The summed E-state index contributed by atoms with van der Waals surface area (Å²) in [5.74, 6) is -0.799. The molecule has 0 radical (unpaired) electrons. The van der Waals surface area contributed by atoms with Crippen LogP contribution in [0.25, 0.3) is 11.1 Å². The number of amides is 1. The normalized spacial score (nSPS) is 10.5. The molecule has 3 rings (SSSR count). The summed E-state index contributed by atoms with van der Waals surface area (Å²) in [5, 5.41) is 14.3. The Labute approximate surface area is 149 Å². The fraction of sp³-hybridized carbons (Fsp3) is 0.0526. The predicted molar refractivity (Wildman–Crippen MR) is 93.4 cm³/mol. The van der Waals surface area contributed by atoms with Gasteiger partial charge in [0, 0.05) is 17.7 Å². The minimum absolute atomic E-state index is 0.0245. The Balaban J connectivity index is 1.77. The quantitative estimate of drug-likeness (QED) is 0.572. The molecule has 0 aliphatic rings. The first-order valence-corrected chi connectivity index (χ1v) is 7.93. The maximum atomic E-state index is 13.3. The topological polar surface area (TPSA) is 56.0 Å². The van der Waals surface area contributed by atoms with Crippen molar-refractivity contribution in [3.05, 3.63) is 94.2 Å². The van der Waals surface area contributed by atoms with E-state index in [9.17, 15) is 14.4 Å². The van der Waals surface area contributed by atoms with Crippen LogP contribution in [0.15, 0.2) is 66.9 Å². The van der Waals surface area contributed by atoms with Gasteiger partial charge in [-0.3, -0.25) is 4.79 Å². The summed E-state index contributed by atoms with van der Waals surface area (Å²) in [6, 6.07) is 16.3. The van der Waals surface area contributed by atoms with Crippen LogP contribution in [0.2, 0.25) is 5.02 Å². The lowest BCUT2D eigenvalue weighted by Gasteiger charge is -2.08. The van der Waals surface area contributed by atoms with Gasteiger partial charge in [-0.25, -0.2) is 4.39 Å². The van der Waals surface area contributed by atoms with Gasteiger partial charge < -0.3 is 10.5 Å². The minimum Gasteiger partial charge on any atom is -0.618 e. The molecule has 25 heavy (non-hydrogen) atoms. The summed E-state index contributed by atoms with van der Waals surface area (Å²) in [7, 11) is 0. The number of nitrogens with one attached hydrogen (secondary N) is 1. The Hall–Kier alpha value is -2.92. The zero-order valence-electron chi connectivity index (χ0n) is 13.1. The molecule has 1 amide bonds. The zero-order valence-corrected chi connectivity index (χ0v) is 13.8. The van der Waals surface area contributed by atoms with Crippen molar-refractivity contribution in [2.75, 3.05) is 0 Å². The van der Waals surface area contributed by atoms with E-state index in [1.54, 1.807) is 42.5 Å². The second-order valence-corrected chi connectivity index (χ2v) is 5.82. The van der Waals surface area contributed by atoms with Crippen LogP contribution in [0, 0.1) is 11.0 Å². The van der Waals surface area contributed by atoms with Crippen molar-refractivity contribution in [2.24, 2.45) is 0 Å². The fourth-order valence-electron chi connectivity index (χ4n) is 2.39. The highest BCUT2D eigenvalue weighted by atomic mass is 35.5. The van der Waals surface area contributed by atoms with Crippen LogP contribution in [-0.4, -0.2) is 5.91 Å². The Morgan fingerprint density at radius 2 is 1.88 bits per heavy atom. The Kier molecular flexibility index (Phi) is 4.95. The van der Waals surface area contributed by atoms with Crippen molar-refractivity contribution >= 4 is 17.5 Å². The molecule has 0 unspecified atom stereocenters. The molecular formula is C19H14ClFN2O2. The molecule has 1 heterocycles. The lowest BCUT2D eigenvalue weighted by atomic mass is 10.0. The van der Waals surface area contributed by atoms with Crippen LogP contribution < -0.4 is 10.0 Å². The number of halogens is 2. The van der Waals surface area contributed by atoms with Gasteiger partial charge in [0.2, 0.25) is 5.69 Å². The molecule has 0 spiro atoms. The number of hydrogen-bond acceptors (Lipinski definition) is 2. The van der Waals surface area contributed by atoms with Crippen LogP contribution >= 0.6 is 11.6 Å². The Morgan fingerprint density at radius 3 is 2.64 bits per heavy atom. The first-order valence-electron chi connectivity index (χ1n) is 7.55. The largest absolute Gasteiger partial charge is 0.618 e. The number of carbonyl (C=O) groups is 1. The third-order valence-corrected chi connectivity index (χ3v) is 4.00. The fourth-order valence-corrected chi connectivity index (χ4v) is 2.57. The lowest BCUT2D eigenvalue weighted by molar-refractivity contribution is -0.614. The highest BCUT2D eigenvalue weighted by Gasteiger charge is 2.10. The van der Waals surface area contributed by atoms with E-state index in [1.807, 2.05) is 6.07 Å². The number of nitrogens with zero attached hydrogens (tertiary/aromatic N) is 1. The third kappa shape index (κ3) is 3.95. The SMILES string of the molecule is O=C(NCc1cccc[n+]1[O-])c1cccc(-c2ccc(F)c(Cl)c2)c1. The lowest BCUT2D eigenvalue weighted by Crippen LogP contribution is -2.35. The van der Waals surface area contributed by atoms with Crippen molar-refractivity contribution in [2.45, 2.75) is 6.54 Å². The van der Waals surface area contributed by atoms with Gasteiger partial charge in [-0.1, -0.05) is 29.8 Å². The van der Waals surface area contributed by atoms with Gasteiger partial charge in [-0.05, 0) is 41.5 Å². The number of rotatable bonds is 4. The van der Waals surface area contributed by atoms with Gasteiger partial charge in [-0.15, -0.1) is 0 Å². The Morgan fingerprint density at radius 1 is 1.08 bits per heavy atom. The van der Waals surface area contributed by atoms with E-state index in [-0.39, 0.29) is 17.5 Å². The van der Waals surface area contributed by atoms with Crippen LogP contribution in [-0.2, 0) is 6.54 Å². The molecule has 6 heteroatoms. The highest BCUT2D eigenvalue weighted by molar-refractivity contribution is 6.31. The number of aromatic nitrogens is 1. The summed E-state index contributed by atoms with van der Waals surface area (Å²) in [6.07, 6.45) is 1.38. The van der Waals surface area contributed by atoms with Gasteiger partial charge >= 0.3 is 0 Å². The zero-order chi connectivity index (χ0) is 17.8. The maximum Gasteiger partial charge on any atom is 0.251 e. The van der Waals surface area contributed by atoms with E-state index < -0.39 is 5.82 Å². The van der Waals surface area contributed by atoms with Gasteiger partial charge in [0.15, 0.2) is 6.20 Å². The summed E-state index contributed by atoms with van der Waals surface area (Å²) < 4.78 is 14.0. The first-order chi connectivity index (χ1) is 12.0. The highest BCUT2D eigenvalue weighted by Crippen LogP contribution is 2.25. The molecule has 4 nitrogen and oxygen atoms in total. The summed E-state index contributed by atoms with van der Waals surface area (Å²) in [6.45, 7) is 0.121. The van der Waals surface area contributed by atoms with Crippen LogP contribution in [0.5, 0.6) is 0 Å².